The van der Waals surface area contributed by atoms with Crippen LogP contribution in [-0.4, -0.2) is 38.1 Å². The number of hydrogen-bond donors (Lipinski definition) is 3. The van der Waals surface area contributed by atoms with Crippen LogP contribution in [0.1, 0.15) is 18.9 Å². The van der Waals surface area contributed by atoms with Gasteiger partial charge in [-0.3, -0.25) is 9.48 Å². The van der Waals surface area contributed by atoms with E-state index in [9.17, 15) is 4.79 Å². The van der Waals surface area contributed by atoms with Crippen molar-refractivity contribution in [3.8, 4) is 22.9 Å². The molecule has 0 amide bonds. The highest BCUT2D eigenvalue weighted by atomic mass is 16.5. The Morgan fingerprint density at radius 1 is 1.17 bits per heavy atom. The van der Waals surface area contributed by atoms with Crippen LogP contribution in [-0.2, 0) is 0 Å². The highest BCUT2D eigenvalue weighted by molar-refractivity contribution is 5.99. The van der Waals surface area contributed by atoms with E-state index in [0.29, 0.717) is 28.2 Å². The smallest absolute Gasteiger partial charge is 0.290 e. The molecule has 1 unspecified atom stereocenters. The van der Waals surface area contributed by atoms with Gasteiger partial charge >= 0.3 is 0 Å². The molecule has 9 heteroatoms. The van der Waals surface area contributed by atoms with Crippen molar-refractivity contribution in [2.45, 2.75) is 18.9 Å². The van der Waals surface area contributed by atoms with Crippen LogP contribution in [0.4, 0.5) is 5.82 Å². The standard InChI is InChI=1S/C21H21N7O2/c22-20-17-18(13-8-9-16(24-11-13)30-15-6-2-1-3-7-15)27-28(14-5-4-10-23-12-14)19(17)21(29)26-25-20/h1-3,6-9,11,14,23H,4-5,10,12H2,(H2,22,25)(H,26,29). The van der Waals surface area contributed by atoms with Gasteiger partial charge < -0.3 is 15.8 Å². The maximum absolute atomic E-state index is 12.6. The Hall–Kier alpha value is -3.72. The van der Waals surface area contributed by atoms with E-state index in [-0.39, 0.29) is 17.4 Å². The first-order valence-corrected chi connectivity index (χ1v) is 9.87. The van der Waals surface area contributed by atoms with Gasteiger partial charge in [0.05, 0.1) is 11.4 Å². The lowest BCUT2D eigenvalue weighted by atomic mass is 10.1. The number of benzene rings is 1. The van der Waals surface area contributed by atoms with Gasteiger partial charge in [-0.2, -0.15) is 10.2 Å². The molecule has 4 N–H and O–H groups in total. The summed E-state index contributed by atoms with van der Waals surface area (Å²) < 4.78 is 7.54. The molecule has 0 bridgehead atoms. The van der Waals surface area contributed by atoms with Gasteiger partial charge in [-0.1, -0.05) is 18.2 Å². The number of H-pyrrole nitrogens is 1. The molecule has 1 aliphatic heterocycles. The zero-order valence-corrected chi connectivity index (χ0v) is 16.2. The Balaban J connectivity index is 1.57. The molecule has 0 spiro atoms. The molecule has 1 atom stereocenters. The molecular formula is C21H21N7O2. The van der Waals surface area contributed by atoms with Gasteiger partial charge in [0, 0.05) is 24.4 Å². The van der Waals surface area contributed by atoms with E-state index in [4.69, 9.17) is 15.6 Å². The SMILES string of the molecule is Nc1n[nH]c(=O)c2c1c(-c1ccc(Oc3ccccc3)nc1)nn2C1CCCNC1. The lowest BCUT2D eigenvalue weighted by Gasteiger charge is -2.23. The van der Waals surface area contributed by atoms with E-state index in [0.717, 1.165) is 31.5 Å². The first-order chi connectivity index (χ1) is 14.7. The summed E-state index contributed by atoms with van der Waals surface area (Å²) in [6, 6.07) is 13.2. The number of nitrogens with zero attached hydrogens (tertiary/aromatic N) is 4. The van der Waals surface area contributed by atoms with Crippen molar-refractivity contribution >= 4 is 16.7 Å². The number of pyridine rings is 1. The predicted molar refractivity (Wildman–Crippen MR) is 113 cm³/mol. The van der Waals surface area contributed by atoms with Gasteiger partial charge in [0.25, 0.3) is 5.56 Å². The van der Waals surface area contributed by atoms with Crippen LogP contribution >= 0.6 is 0 Å². The van der Waals surface area contributed by atoms with Crippen molar-refractivity contribution in [2.75, 3.05) is 18.8 Å². The van der Waals surface area contributed by atoms with E-state index < -0.39 is 0 Å². The van der Waals surface area contributed by atoms with Crippen molar-refractivity contribution in [3.63, 3.8) is 0 Å². The Kier molecular flexibility index (Phi) is 4.64. The maximum atomic E-state index is 12.6. The molecular weight excluding hydrogens is 382 g/mol. The second kappa shape index (κ2) is 7.60. The zero-order valence-electron chi connectivity index (χ0n) is 16.2. The highest BCUT2D eigenvalue weighted by Crippen LogP contribution is 2.32. The average Bonchev–Trinajstić information content (AvgIpc) is 3.20. The largest absolute Gasteiger partial charge is 0.439 e. The van der Waals surface area contributed by atoms with Crippen LogP contribution in [0.2, 0.25) is 0 Å². The molecule has 1 fully saturated rings. The van der Waals surface area contributed by atoms with E-state index in [2.05, 4.69) is 20.5 Å². The summed E-state index contributed by atoms with van der Waals surface area (Å²) in [5.41, 5.74) is 7.60. The molecule has 5 rings (SSSR count). The summed E-state index contributed by atoms with van der Waals surface area (Å²) in [6.07, 6.45) is 3.63. The average molecular weight is 403 g/mol. The van der Waals surface area contributed by atoms with Crippen LogP contribution in [0, 0.1) is 0 Å². The topological polar surface area (TPSA) is 124 Å². The van der Waals surface area contributed by atoms with Crippen LogP contribution in [0.15, 0.2) is 53.5 Å². The number of hydrogen-bond acceptors (Lipinski definition) is 7. The van der Waals surface area contributed by atoms with Gasteiger partial charge in [-0.25, -0.2) is 10.1 Å². The number of nitrogens with two attached hydrogens (primary N) is 1. The van der Waals surface area contributed by atoms with Crippen molar-refractivity contribution in [3.05, 3.63) is 59.0 Å². The molecule has 1 aromatic carbocycles. The van der Waals surface area contributed by atoms with Gasteiger partial charge in [0.1, 0.15) is 17.0 Å². The third-order valence-corrected chi connectivity index (χ3v) is 5.25. The fraction of sp³-hybridized carbons (Fsp3) is 0.238. The van der Waals surface area contributed by atoms with Crippen LogP contribution in [0.5, 0.6) is 11.6 Å². The monoisotopic (exact) mass is 403 g/mol. The highest BCUT2D eigenvalue weighted by Gasteiger charge is 2.25. The van der Waals surface area contributed by atoms with Gasteiger partial charge in [0.2, 0.25) is 5.88 Å². The summed E-state index contributed by atoms with van der Waals surface area (Å²) in [5, 5.41) is 15.1. The first-order valence-electron chi connectivity index (χ1n) is 9.87. The normalized spacial score (nSPS) is 16.6. The molecule has 4 aromatic rings. The van der Waals surface area contributed by atoms with E-state index in [1.807, 2.05) is 36.4 Å². The number of nitrogen functional groups attached to an aromatic ring is 1. The van der Waals surface area contributed by atoms with Crippen molar-refractivity contribution in [1.82, 2.24) is 30.3 Å². The Labute approximate surface area is 171 Å². The molecule has 152 valence electrons. The molecule has 30 heavy (non-hydrogen) atoms. The third-order valence-electron chi connectivity index (χ3n) is 5.25. The van der Waals surface area contributed by atoms with E-state index in [1.54, 1.807) is 16.9 Å². The summed E-state index contributed by atoms with van der Waals surface area (Å²) in [6.45, 7) is 1.72. The van der Waals surface area contributed by atoms with Crippen molar-refractivity contribution < 1.29 is 4.74 Å². The van der Waals surface area contributed by atoms with Gasteiger partial charge in [-0.05, 0) is 37.6 Å². The number of para-hydroxylation sites is 1. The van der Waals surface area contributed by atoms with Crippen molar-refractivity contribution in [1.29, 1.82) is 0 Å². The third kappa shape index (κ3) is 3.29. The molecule has 1 saturated heterocycles. The minimum atomic E-state index is -0.305. The minimum absolute atomic E-state index is 0.0755. The lowest BCUT2D eigenvalue weighted by Crippen LogP contribution is -2.33. The van der Waals surface area contributed by atoms with Gasteiger partial charge in [0.15, 0.2) is 5.82 Å². The number of anilines is 1. The number of piperidine rings is 1. The number of fused-ring (bicyclic) bond motifs is 1. The van der Waals surface area contributed by atoms with Crippen molar-refractivity contribution in [2.24, 2.45) is 0 Å². The number of rotatable bonds is 4. The van der Waals surface area contributed by atoms with Crippen LogP contribution in [0.3, 0.4) is 0 Å². The summed E-state index contributed by atoms with van der Waals surface area (Å²) in [4.78, 5) is 17.0. The van der Waals surface area contributed by atoms with Crippen LogP contribution in [0.25, 0.3) is 22.2 Å². The summed E-state index contributed by atoms with van der Waals surface area (Å²) >= 11 is 0. The lowest BCUT2D eigenvalue weighted by molar-refractivity contribution is 0.355. The minimum Gasteiger partial charge on any atom is -0.439 e. The first kappa shape index (κ1) is 18.3. The predicted octanol–water partition coefficient (Wildman–Crippen LogP) is 2.48. The number of nitrogens with one attached hydrogen (secondary N) is 2. The fourth-order valence-corrected chi connectivity index (χ4v) is 3.81. The molecule has 0 aliphatic carbocycles. The van der Waals surface area contributed by atoms with Gasteiger partial charge in [-0.15, -0.1) is 0 Å². The number of aromatic amines is 1. The zero-order chi connectivity index (χ0) is 20.5. The second-order valence-electron chi connectivity index (χ2n) is 7.26. The molecule has 1 aliphatic rings. The Morgan fingerprint density at radius 3 is 2.77 bits per heavy atom. The Bertz CT molecular complexity index is 1230. The quantitative estimate of drug-likeness (QED) is 0.478. The summed E-state index contributed by atoms with van der Waals surface area (Å²) in [5.74, 6) is 1.41. The molecule has 9 nitrogen and oxygen atoms in total. The maximum Gasteiger partial charge on any atom is 0.290 e. The van der Waals surface area contributed by atoms with E-state index >= 15 is 0 Å². The van der Waals surface area contributed by atoms with Crippen LogP contribution < -0.4 is 21.3 Å². The fourth-order valence-electron chi connectivity index (χ4n) is 3.81. The molecule has 0 radical (unpaired) electrons. The number of aromatic nitrogens is 5. The van der Waals surface area contributed by atoms with E-state index in [1.165, 1.54) is 0 Å². The second-order valence-corrected chi connectivity index (χ2v) is 7.26. The molecule has 3 aromatic heterocycles. The number of ether oxygens (including phenoxy) is 1. The Morgan fingerprint density at radius 2 is 2.03 bits per heavy atom. The molecule has 0 saturated carbocycles. The summed E-state index contributed by atoms with van der Waals surface area (Å²) in [7, 11) is 0. The molecule has 4 heterocycles.